The number of benzene rings is 1. The van der Waals surface area contributed by atoms with Crippen molar-refractivity contribution in [2.24, 2.45) is 7.05 Å². The molecule has 0 spiro atoms. The van der Waals surface area contributed by atoms with Gasteiger partial charge < -0.3 is 5.73 Å². The van der Waals surface area contributed by atoms with Crippen LogP contribution in [-0.2, 0) is 13.5 Å². The Morgan fingerprint density at radius 2 is 2.18 bits per heavy atom. The zero-order valence-electron chi connectivity index (χ0n) is 9.67. The van der Waals surface area contributed by atoms with Crippen molar-refractivity contribution in [3.63, 3.8) is 0 Å². The molecule has 2 N–H and O–H groups in total. The van der Waals surface area contributed by atoms with E-state index in [2.05, 4.69) is 21.0 Å². The Balaban J connectivity index is 2.73. The summed E-state index contributed by atoms with van der Waals surface area (Å²) in [6, 6.07) is 4.87. The average Bonchev–Trinajstić information content (AvgIpc) is 2.55. The predicted octanol–water partition coefficient (Wildman–Crippen LogP) is 3.13. The van der Waals surface area contributed by atoms with Gasteiger partial charge in [-0.3, -0.25) is 4.68 Å². The largest absolute Gasteiger partial charge is 0.384 e. The van der Waals surface area contributed by atoms with Crippen LogP contribution in [0.3, 0.4) is 0 Å². The smallest absolute Gasteiger partial charge is 0.133 e. The monoisotopic (exact) mass is 297 g/mol. The fourth-order valence-corrected chi connectivity index (χ4v) is 2.38. The number of nitrogens with two attached hydrogens (primary N) is 1. The quantitative estimate of drug-likeness (QED) is 0.925. The van der Waals surface area contributed by atoms with E-state index in [-0.39, 0.29) is 5.82 Å². The summed E-state index contributed by atoms with van der Waals surface area (Å²) < 4.78 is 16.1. The number of rotatable bonds is 2. The molecule has 0 aliphatic heterocycles. The lowest BCUT2D eigenvalue weighted by Crippen LogP contribution is -1.98. The van der Waals surface area contributed by atoms with Gasteiger partial charge in [0.2, 0.25) is 0 Å². The van der Waals surface area contributed by atoms with Gasteiger partial charge in [-0.2, -0.15) is 5.10 Å². The first-order chi connectivity index (χ1) is 8.06. The van der Waals surface area contributed by atoms with Crippen LogP contribution >= 0.6 is 15.9 Å². The molecule has 0 radical (unpaired) electrons. The number of aryl methyl sites for hydroxylation is 1. The second kappa shape index (κ2) is 4.49. The molecule has 0 atom stereocenters. The van der Waals surface area contributed by atoms with Crippen molar-refractivity contribution in [2.75, 3.05) is 5.73 Å². The summed E-state index contributed by atoms with van der Waals surface area (Å²) in [7, 11) is 1.76. The number of aromatic nitrogens is 2. The first-order valence-corrected chi connectivity index (χ1v) is 6.11. The Morgan fingerprint density at radius 3 is 2.76 bits per heavy atom. The molecule has 17 heavy (non-hydrogen) atoms. The lowest BCUT2D eigenvalue weighted by molar-refractivity contribution is 0.629. The van der Waals surface area contributed by atoms with Crippen LogP contribution in [0.5, 0.6) is 0 Å². The zero-order chi connectivity index (χ0) is 12.6. The second-order valence-electron chi connectivity index (χ2n) is 3.79. The van der Waals surface area contributed by atoms with Gasteiger partial charge in [0.05, 0.1) is 5.56 Å². The normalized spacial score (nSPS) is 10.8. The molecule has 3 nitrogen and oxygen atoms in total. The number of hydrogen-bond acceptors (Lipinski definition) is 2. The molecule has 2 aromatic rings. The van der Waals surface area contributed by atoms with E-state index in [1.54, 1.807) is 23.9 Å². The van der Waals surface area contributed by atoms with Crippen molar-refractivity contribution in [1.82, 2.24) is 9.78 Å². The fraction of sp³-hybridized carbons (Fsp3) is 0.250. The third-order valence-corrected chi connectivity index (χ3v) is 3.41. The Bertz CT molecular complexity index is 543. The number of halogens is 2. The maximum absolute atomic E-state index is 13.9. The van der Waals surface area contributed by atoms with Gasteiger partial charge in [0, 0.05) is 17.1 Å². The number of anilines is 1. The minimum absolute atomic E-state index is 0.299. The topological polar surface area (TPSA) is 43.8 Å². The van der Waals surface area contributed by atoms with Crippen molar-refractivity contribution < 1.29 is 4.39 Å². The highest BCUT2D eigenvalue weighted by atomic mass is 79.9. The van der Waals surface area contributed by atoms with Gasteiger partial charge >= 0.3 is 0 Å². The molecule has 90 valence electrons. The average molecular weight is 298 g/mol. The number of hydrogen-bond donors (Lipinski definition) is 1. The molecule has 0 aliphatic rings. The third-order valence-electron chi connectivity index (χ3n) is 2.75. The van der Waals surface area contributed by atoms with Crippen molar-refractivity contribution in [2.45, 2.75) is 13.3 Å². The van der Waals surface area contributed by atoms with Crippen LogP contribution in [-0.4, -0.2) is 9.78 Å². The van der Waals surface area contributed by atoms with Gasteiger partial charge in [-0.25, -0.2) is 4.39 Å². The van der Waals surface area contributed by atoms with E-state index in [0.717, 1.165) is 12.0 Å². The number of nitrogen functional groups attached to an aromatic ring is 1. The summed E-state index contributed by atoms with van der Waals surface area (Å²) in [5.74, 6) is 0.282. The van der Waals surface area contributed by atoms with E-state index in [1.165, 1.54) is 6.07 Å². The standard InChI is InChI=1S/C12H13BrFN3/c1-3-7-11(16-17(2)12(7)15)10-8(13)5-4-6-9(10)14/h4-6H,3,15H2,1-2H3. The van der Waals surface area contributed by atoms with Gasteiger partial charge in [0.25, 0.3) is 0 Å². The van der Waals surface area contributed by atoms with Crippen molar-refractivity contribution in [3.8, 4) is 11.3 Å². The predicted molar refractivity (Wildman–Crippen MR) is 70.1 cm³/mol. The Kier molecular flexibility index (Phi) is 3.19. The summed E-state index contributed by atoms with van der Waals surface area (Å²) in [4.78, 5) is 0. The van der Waals surface area contributed by atoms with Gasteiger partial charge in [0.1, 0.15) is 17.3 Å². The Labute approximate surface area is 108 Å². The van der Waals surface area contributed by atoms with E-state index >= 15 is 0 Å². The first-order valence-electron chi connectivity index (χ1n) is 5.32. The SMILES string of the molecule is CCc1c(-c2c(F)cccc2Br)nn(C)c1N. The van der Waals surface area contributed by atoms with E-state index in [0.29, 0.717) is 21.5 Å². The van der Waals surface area contributed by atoms with Crippen molar-refractivity contribution >= 4 is 21.7 Å². The van der Waals surface area contributed by atoms with E-state index < -0.39 is 0 Å². The zero-order valence-corrected chi connectivity index (χ0v) is 11.3. The Hall–Kier alpha value is -1.36. The van der Waals surface area contributed by atoms with E-state index in [4.69, 9.17) is 5.73 Å². The lowest BCUT2D eigenvalue weighted by Gasteiger charge is -2.05. The highest BCUT2D eigenvalue weighted by Gasteiger charge is 2.19. The maximum atomic E-state index is 13.9. The maximum Gasteiger partial charge on any atom is 0.133 e. The number of nitrogens with zero attached hydrogens (tertiary/aromatic N) is 2. The molecule has 0 fully saturated rings. The molecule has 0 saturated carbocycles. The van der Waals surface area contributed by atoms with Crippen molar-refractivity contribution in [3.05, 3.63) is 34.1 Å². The van der Waals surface area contributed by atoms with Gasteiger partial charge in [-0.15, -0.1) is 0 Å². The van der Waals surface area contributed by atoms with Crippen LogP contribution in [0.2, 0.25) is 0 Å². The van der Waals surface area contributed by atoms with Gasteiger partial charge in [-0.05, 0) is 34.5 Å². The van der Waals surface area contributed by atoms with Crippen LogP contribution in [0.25, 0.3) is 11.3 Å². The molecule has 1 aromatic heterocycles. The van der Waals surface area contributed by atoms with Crippen LogP contribution in [0.4, 0.5) is 10.2 Å². The van der Waals surface area contributed by atoms with Gasteiger partial charge in [0.15, 0.2) is 0 Å². The fourth-order valence-electron chi connectivity index (χ4n) is 1.85. The molecular formula is C12H13BrFN3. The highest BCUT2D eigenvalue weighted by molar-refractivity contribution is 9.10. The molecule has 1 heterocycles. The van der Waals surface area contributed by atoms with Crippen LogP contribution in [0, 0.1) is 5.82 Å². The second-order valence-corrected chi connectivity index (χ2v) is 4.64. The molecule has 1 aromatic carbocycles. The van der Waals surface area contributed by atoms with E-state index in [1.807, 2.05) is 6.92 Å². The summed E-state index contributed by atoms with van der Waals surface area (Å²) >= 11 is 3.35. The molecule has 0 amide bonds. The Morgan fingerprint density at radius 1 is 1.47 bits per heavy atom. The van der Waals surface area contributed by atoms with Crippen LogP contribution in [0.15, 0.2) is 22.7 Å². The van der Waals surface area contributed by atoms with Crippen LogP contribution < -0.4 is 5.73 Å². The van der Waals surface area contributed by atoms with Gasteiger partial charge in [-0.1, -0.05) is 13.0 Å². The summed E-state index contributed by atoms with van der Waals surface area (Å²) in [6.07, 6.45) is 0.718. The first kappa shape index (κ1) is 12.1. The van der Waals surface area contributed by atoms with Crippen molar-refractivity contribution in [1.29, 1.82) is 0 Å². The highest BCUT2D eigenvalue weighted by Crippen LogP contribution is 2.34. The minimum Gasteiger partial charge on any atom is -0.384 e. The summed E-state index contributed by atoms with van der Waals surface area (Å²) in [5, 5.41) is 4.29. The molecule has 0 bridgehead atoms. The molecule has 0 aliphatic carbocycles. The summed E-state index contributed by atoms with van der Waals surface area (Å²) in [5.41, 5.74) is 7.87. The molecular weight excluding hydrogens is 285 g/mol. The third kappa shape index (κ3) is 1.95. The lowest BCUT2D eigenvalue weighted by atomic mass is 10.1. The summed E-state index contributed by atoms with van der Waals surface area (Å²) in [6.45, 7) is 1.98. The van der Waals surface area contributed by atoms with E-state index in [9.17, 15) is 4.39 Å². The molecule has 0 unspecified atom stereocenters. The molecule has 0 saturated heterocycles. The molecule has 5 heteroatoms. The molecule has 2 rings (SSSR count). The van der Waals surface area contributed by atoms with Crippen LogP contribution in [0.1, 0.15) is 12.5 Å². The minimum atomic E-state index is -0.299.